The number of rotatable bonds is 8. The van der Waals surface area contributed by atoms with Crippen LogP contribution in [0, 0.1) is 0 Å². The van der Waals surface area contributed by atoms with Crippen LogP contribution < -0.4 is 10.4 Å². The molecular formula is C31H28N8O3S2. The Kier molecular flexibility index (Phi) is 7.71. The maximum Gasteiger partial charge on any atom is 0.326 e. The fourth-order valence-electron chi connectivity index (χ4n) is 5.60. The number of aromatic amines is 1. The monoisotopic (exact) mass is 624 g/mol. The highest BCUT2D eigenvalue weighted by Gasteiger charge is 2.28. The molecule has 7 rings (SSSR count). The molecule has 13 heteroatoms. The Morgan fingerprint density at radius 1 is 1.07 bits per heavy atom. The number of carbonyl (C=O) groups is 1. The summed E-state index contributed by atoms with van der Waals surface area (Å²) in [6, 6.07) is 19.3. The molecule has 0 unspecified atom stereocenters. The van der Waals surface area contributed by atoms with Gasteiger partial charge in [-0.25, -0.2) is 9.78 Å². The molecule has 44 heavy (non-hydrogen) atoms. The Bertz CT molecular complexity index is 1990. The van der Waals surface area contributed by atoms with Gasteiger partial charge in [-0.3, -0.25) is 18.9 Å². The van der Waals surface area contributed by atoms with E-state index in [4.69, 9.17) is 4.74 Å². The lowest BCUT2D eigenvalue weighted by Crippen LogP contribution is -2.40. The summed E-state index contributed by atoms with van der Waals surface area (Å²) in [6.07, 6.45) is 4.89. The number of carbonyl (C=O) groups excluding carboxylic acids is 1. The summed E-state index contributed by atoms with van der Waals surface area (Å²) in [4.78, 5) is 39.7. The van der Waals surface area contributed by atoms with Gasteiger partial charge in [-0.05, 0) is 49.2 Å². The van der Waals surface area contributed by atoms with Crippen LogP contribution in [0.3, 0.4) is 0 Å². The number of hydrogen-bond acceptors (Lipinski definition) is 9. The van der Waals surface area contributed by atoms with Crippen LogP contribution in [0.25, 0.3) is 28.1 Å². The van der Waals surface area contributed by atoms with Crippen molar-refractivity contribution < 1.29 is 9.53 Å². The summed E-state index contributed by atoms with van der Waals surface area (Å²) in [7, 11) is 1.64. The number of benzene rings is 2. The van der Waals surface area contributed by atoms with E-state index in [0.717, 1.165) is 27.3 Å². The van der Waals surface area contributed by atoms with E-state index in [2.05, 4.69) is 25.1 Å². The molecule has 4 aromatic heterocycles. The molecule has 0 spiro atoms. The van der Waals surface area contributed by atoms with Crippen molar-refractivity contribution in [2.75, 3.05) is 20.2 Å². The fraction of sp³-hybridized carbons (Fsp3) is 0.226. The van der Waals surface area contributed by atoms with Crippen molar-refractivity contribution in [3.05, 3.63) is 99.6 Å². The Labute approximate surface area is 260 Å². The van der Waals surface area contributed by atoms with Gasteiger partial charge in [0, 0.05) is 42.5 Å². The number of aromatic nitrogens is 7. The third-order valence-corrected chi connectivity index (χ3v) is 9.69. The standard InChI is InChI=1S/C31H28N8O3S2/c1-42-26-11-5-4-10-25(26)39-28(20-7-6-14-32-17-20)35-36-31(39)44-19-27-33-23(18-43-27)29(40)37-15-12-21(13-16-37)38-24-9-3-2-8-22(24)34-30(38)41/h2-11,14,17-18,21H,12-13,15-16,19H2,1H3,(H,34,41). The number of hydrogen-bond donors (Lipinski definition) is 1. The minimum absolute atomic E-state index is 0.0437. The first-order valence-electron chi connectivity index (χ1n) is 14.2. The summed E-state index contributed by atoms with van der Waals surface area (Å²) in [5.41, 5.74) is 3.71. The zero-order valence-corrected chi connectivity index (χ0v) is 25.4. The third-order valence-electron chi connectivity index (χ3n) is 7.72. The van der Waals surface area contributed by atoms with Gasteiger partial charge in [0.15, 0.2) is 11.0 Å². The van der Waals surface area contributed by atoms with E-state index in [1.165, 1.54) is 23.1 Å². The Morgan fingerprint density at radius 2 is 1.89 bits per heavy atom. The van der Waals surface area contributed by atoms with E-state index in [9.17, 15) is 9.59 Å². The second kappa shape index (κ2) is 12.1. The normalized spacial score (nSPS) is 13.9. The van der Waals surface area contributed by atoms with E-state index in [0.29, 0.717) is 54.1 Å². The molecule has 0 bridgehead atoms. The molecule has 11 nitrogen and oxygen atoms in total. The number of likely N-dealkylation sites (tertiary alicyclic amines) is 1. The Morgan fingerprint density at radius 3 is 2.70 bits per heavy atom. The van der Waals surface area contributed by atoms with Crippen LogP contribution in [0.5, 0.6) is 5.75 Å². The summed E-state index contributed by atoms with van der Waals surface area (Å²) in [5, 5.41) is 12.3. The largest absolute Gasteiger partial charge is 0.495 e. The molecule has 1 aliphatic rings. The topological polar surface area (TPSA) is 124 Å². The number of nitrogens with zero attached hydrogens (tertiary/aromatic N) is 7. The minimum atomic E-state index is -0.105. The van der Waals surface area contributed by atoms with Crippen LogP contribution in [-0.2, 0) is 5.75 Å². The molecule has 1 fully saturated rings. The van der Waals surface area contributed by atoms with Gasteiger partial charge in [0.25, 0.3) is 5.91 Å². The molecule has 0 aliphatic carbocycles. The van der Waals surface area contributed by atoms with Crippen LogP contribution in [0.4, 0.5) is 0 Å². The zero-order valence-electron chi connectivity index (χ0n) is 23.8. The fourth-order valence-corrected chi connectivity index (χ4v) is 7.34. The number of thiazole rings is 1. The maximum absolute atomic E-state index is 13.4. The number of piperidine rings is 1. The highest BCUT2D eigenvalue weighted by molar-refractivity contribution is 7.98. The van der Waals surface area contributed by atoms with Crippen molar-refractivity contribution in [2.24, 2.45) is 0 Å². The lowest BCUT2D eigenvalue weighted by molar-refractivity contribution is 0.0689. The SMILES string of the molecule is COc1ccccc1-n1c(SCc2nc(C(=O)N3CCC(n4c(=O)[nH]c5ccccc54)CC3)cs2)nnc1-c1cccnc1. The number of fused-ring (bicyclic) bond motifs is 1. The van der Waals surface area contributed by atoms with E-state index in [1.54, 1.807) is 19.5 Å². The minimum Gasteiger partial charge on any atom is -0.495 e. The van der Waals surface area contributed by atoms with Crippen molar-refractivity contribution >= 4 is 40.0 Å². The molecule has 1 N–H and O–H groups in total. The predicted molar refractivity (Wildman–Crippen MR) is 170 cm³/mol. The number of ether oxygens (including phenoxy) is 1. The molecule has 0 atom stereocenters. The average molecular weight is 625 g/mol. The number of methoxy groups -OCH3 is 1. The van der Waals surface area contributed by atoms with Gasteiger partial charge in [0.1, 0.15) is 16.5 Å². The number of thioether (sulfide) groups is 1. The van der Waals surface area contributed by atoms with Crippen LogP contribution in [0.1, 0.15) is 34.4 Å². The molecule has 6 aromatic rings. The number of imidazole rings is 1. The predicted octanol–water partition coefficient (Wildman–Crippen LogP) is 5.21. The molecule has 1 saturated heterocycles. The molecule has 1 aliphatic heterocycles. The molecular weight excluding hydrogens is 597 g/mol. The number of pyridine rings is 1. The molecule has 0 radical (unpaired) electrons. The summed E-state index contributed by atoms with van der Waals surface area (Å²) in [6.45, 7) is 1.13. The number of H-pyrrole nitrogens is 1. The quantitative estimate of drug-likeness (QED) is 0.229. The summed E-state index contributed by atoms with van der Waals surface area (Å²) < 4.78 is 9.44. The van der Waals surface area contributed by atoms with E-state index < -0.39 is 0 Å². The van der Waals surface area contributed by atoms with Gasteiger partial charge in [-0.2, -0.15) is 0 Å². The lowest BCUT2D eigenvalue weighted by atomic mass is 10.0. The number of nitrogens with one attached hydrogen (secondary N) is 1. The number of para-hydroxylation sites is 4. The van der Waals surface area contributed by atoms with Gasteiger partial charge >= 0.3 is 5.69 Å². The average Bonchev–Trinajstić information content (AvgIpc) is 3.80. The maximum atomic E-state index is 13.4. The smallest absolute Gasteiger partial charge is 0.326 e. The highest BCUT2D eigenvalue weighted by Crippen LogP contribution is 2.34. The van der Waals surface area contributed by atoms with Crippen molar-refractivity contribution in [1.29, 1.82) is 0 Å². The highest BCUT2D eigenvalue weighted by atomic mass is 32.2. The van der Waals surface area contributed by atoms with E-state index in [-0.39, 0.29) is 17.6 Å². The molecule has 1 amide bonds. The van der Waals surface area contributed by atoms with E-state index >= 15 is 0 Å². The van der Waals surface area contributed by atoms with Crippen LogP contribution in [0.15, 0.2) is 88.4 Å². The Hall–Kier alpha value is -4.75. The van der Waals surface area contributed by atoms with Crippen molar-refractivity contribution in [1.82, 2.24) is 39.2 Å². The third kappa shape index (κ3) is 5.28. The van der Waals surface area contributed by atoms with Gasteiger partial charge in [0.2, 0.25) is 0 Å². The zero-order chi connectivity index (χ0) is 30.0. The second-order valence-electron chi connectivity index (χ2n) is 10.3. The molecule has 2 aromatic carbocycles. The van der Waals surface area contributed by atoms with Gasteiger partial charge in [0.05, 0.1) is 29.6 Å². The van der Waals surface area contributed by atoms with Gasteiger partial charge in [-0.15, -0.1) is 21.5 Å². The van der Waals surface area contributed by atoms with Crippen LogP contribution >= 0.6 is 23.1 Å². The lowest BCUT2D eigenvalue weighted by Gasteiger charge is -2.32. The van der Waals surface area contributed by atoms with Gasteiger partial charge in [-0.1, -0.05) is 36.0 Å². The number of amides is 1. The van der Waals surface area contributed by atoms with E-state index in [1.807, 2.05) is 80.1 Å². The molecule has 222 valence electrons. The van der Waals surface area contributed by atoms with Crippen LogP contribution in [-0.4, -0.2) is 65.3 Å². The summed E-state index contributed by atoms with van der Waals surface area (Å²) >= 11 is 2.95. The summed E-state index contributed by atoms with van der Waals surface area (Å²) in [5.74, 6) is 1.78. The van der Waals surface area contributed by atoms with Gasteiger partial charge < -0.3 is 14.6 Å². The van der Waals surface area contributed by atoms with Crippen molar-refractivity contribution in [3.8, 4) is 22.8 Å². The first-order valence-corrected chi connectivity index (χ1v) is 16.0. The molecule has 0 saturated carbocycles. The first-order chi connectivity index (χ1) is 21.6. The van der Waals surface area contributed by atoms with Crippen molar-refractivity contribution in [2.45, 2.75) is 29.8 Å². The first kappa shape index (κ1) is 28.0. The molecule has 5 heterocycles. The Balaban J connectivity index is 1.05. The second-order valence-corrected chi connectivity index (χ2v) is 12.2. The van der Waals surface area contributed by atoms with Crippen molar-refractivity contribution in [3.63, 3.8) is 0 Å². The van der Waals surface area contributed by atoms with Crippen LogP contribution in [0.2, 0.25) is 0 Å².